The van der Waals surface area contributed by atoms with Crippen molar-refractivity contribution in [2.24, 2.45) is 0 Å². The Morgan fingerprint density at radius 1 is 1.00 bits per heavy atom. The molecule has 2 rings (SSSR count). The Kier molecular flexibility index (Phi) is 1.40. The molecule has 11 heavy (non-hydrogen) atoms. The summed E-state index contributed by atoms with van der Waals surface area (Å²) in [5, 5.41) is 7.53. The van der Waals surface area contributed by atoms with Crippen LogP contribution in [0.1, 0.15) is 0 Å². The van der Waals surface area contributed by atoms with Crippen LogP contribution in [0.3, 0.4) is 0 Å². The van der Waals surface area contributed by atoms with Gasteiger partial charge in [0, 0.05) is 10.2 Å². The lowest BCUT2D eigenvalue weighted by Gasteiger charge is -1.65. The lowest BCUT2D eigenvalue weighted by atomic mass is 10.2. The first-order chi connectivity index (χ1) is 5.45. The molecule has 0 aliphatic rings. The zero-order valence-electron chi connectivity index (χ0n) is 5.49. The summed E-state index contributed by atoms with van der Waals surface area (Å²) in [4.78, 5) is 0. The highest BCUT2D eigenvalue weighted by Crippen LogP contribution is 1.67. The molecular weight excluding hydrogens is 147 g/mol. The number of hydrogen-bond donors (Lipinski definition) is 0. The molecular formula is C4H4BN4O2+2. The topological polar surface area (TPSA) is 59.8 Å². The van der Waals surface area contributed by atoms with Gasteiger partial charge in [-0.05, 0) is 0 Å². The normalized spacial score (nSPS) is 9.82. The molecule has 2 aromatic rings. The average Bonchev–Trinajstić information content (AvgIpc) is 2.60. The van der Waals surface area contributed by atoms with Gasteiger partial charge in [0.05, 0.1) is 0 Å². The summed E-state index contributed by atoms with van der Waals surface area (Å²) in [5.41, 5.74) is 0. The van der Waals surface area contributed by atoms with Gasteiger partial charge in [0.1, 0.15) is 21.9 Å². The lowest BCUT2D eigenvalue weighted by Crippen LogP contribution is -2.60. The summed E-state index contributed by atoms with van der Waals surface area (Å²) in [5.74, 6) is 0. The Hall–Kier alpha value is -1.66. The van der Waals surface area contributed by atoms with E-state index in [4.69, 9.17) is 9.05 Å². The van der Waals surface area contributed by atoms with Crippen molar-refractivity contribution in [3.05, 3.63) is 24.9 Å². The lowest BCUT2D eigenvalue weighted by molar-refractivity contribution is -0.889. The van der Waals surface area contributed by atoms with Crippen LogP contribution in [0.5, 0.6) is 0 Å². The molecule has 1 radical (unpaired) electrons. The fourth-order valence-electron chi connectivity index (χ4n) is 0.618. The standard InChI is InChI=1S/C4H4BN4O2/c1-3-10-8(6-1)5-9-7-2-4-11-9/h1-4H/q+2. The maximum absolute atomic E-state index is 4.84. The second-order valence-electron chi connectivity index (χ2n) is 1.73. The van der Waals surface area contributed by atoms with Gasteiger partial charge in [0.15, 0.2) is 12.5 Å². The fourth-order valence-corrected chi connectivity index (χ4v) is 0.618. The molecule has 0 aliphatic carbocycles. The minimum absolute atomic E-state index is 1.22. The van der Waals surface area contributed by atoms with Crippen LogP contribution in [0.15, 0.2) is 34.0 Å². The third-order valence-electron chi connectivity index (χ3n) is 1.02. The first-order valence-electron chi connectivity index (χ1n) is 2.94. The van der Waals surface area contributed by atoms with E-state index in [9.17, 15) is 0 Å². The second kappa shape index (κ2) is 2.53. The number of rotatable bonds is 2. The Labute approximate surface area is 62.2 Å². The monoisotopic (exact) mass is 151 g/mol. The fraction of sp³-hybridized carbons (Fsp3) is 0. The summed E-state index contributed by atoms with van der Waals surface area (Å²) in [6.45, 7) is 0. The van der Waals surface area contributed by atoms with Crippen LogP contribution < -0.4 is 9.53 Å². The van der Waals surface area contributed by atoms with E-state index in [0.29, 0.717) is 0 Å². The van der Waals surface area contributed by atoms with Crippen molar-refractivity contribution in [3.8, 4) is 0 Å². The van der Waals surface area contributed by atoms with Crippen LogP contribution in [0, 0.1) is 0 Å². The predicted molar refractivity (Wildman–Crippen MR) is 29.9 cm³/mol. The van der Waals surface area contributed by atoms with Gasteiger partial charge in [-0.3, -0.25) is 0 Å². The quantitative estimate of drug-likeness (QED) is 0.473. The van der Waals surface area contributed by atoms with Gasteiger partial charge in [-0.15, -0.1) is 0 Å². The maximum atomic E-state index is 4.84. The minimum atomic E-state index is 1.22. The van der Waals surface area contributed by atoms with Gasteiger partial charge in [-0.25, -0.2) is 9.05 Å². The molecule has 0 N–H and O–H groups in total. The van der Waals surface area contributed by atoms with Crippen molar-refractivity contribution in [2.45, 2.75) is 0 Å². The molecule has 0 bridgehead atoms. The maximum Gasteiger partial charge on any atom is 1.14 e. The molecule has 0 saturated carbocycles. The molecule has 0 aliphatic heterocycles. The van der Waals surface area contributed by atoms with E-state index in [1.807, 2.05) is 0 Å². The van der Waals surface area contributed by atoms with E-state index in [2.05, 4.69) is 10.2 Å². The van der Waals surface area contributed by atoms with Crippen LogP contribution in [-0.2, 0) is 0 Å². The first kappa shape index (κ1) is 6.08. The summed E-state index contributed by atoms with van der Waals surface area (Å²) < 4.78 is 12.1. The van der Waals surface area contributed by atoms with Gasteiger partial charge in [0.25, 0.3) is 0 Å². The van der Waals surface area contributed by atoms with E-state index in [0.717, 1.165) is 0 Å². The van der Waals surface area contributed by atoms with Crippen LogP contribution >= 0.6 is 0 Å². The number of aromatic nitrogens is 4. The van der Waals surface area contributed by atoms with Crippen molar-refractivity contribution < 1.29 is 18.6 Å². The van der Waals surface area contributed by atoms with E-state index in [1.165, 1.54) is 42.0 Å². The molecule has 0 spiro atoms. The van der Waals surface area contributed by atoms with Gasteiger partial charge in [-0.2, -0.15) is 0 Å². The predicted octanol–water partition coefficient (Wildman–Crippen LogP) is -1.83. The largest absolute Gasteiger partial charge is 1.14 e. The van der Waals surface area contributed by atoms with Gasteiger partial charge < -0.3 is 0 Å². The molecule has 0 amide bonds. The molecule has 0 unspecified atom stereocenters. The van der Waals surface area contributed by atoms with Crippen molar-refractivity contribution in [2.75, 3.05) is 0 Å². The molecule has 2 heterocycles. The zero-order chi connectivity index (χ0) is 7.52. The molecule has 0 atom stereocenters. The van der Waals surface area contributed by atoms with Crippen LogP contribution in [0.25, 0.3) is 0 Å². The SMILES string of the molecule is [B]([n+]1ncco1)[n+]1ncco1. The Morgan fingerprint density at radius 2 is 1.55 bits per heavy atom. The molecule has 6 nitrogen and oxygen atoms in total. The van der Waals surface area contributed by atoms with Crippen LogP contribution in [-0.4, -0.2) is 17.7 Å². The third kappa shape index (κ3) is 1.26. The Balaban J connectivity index is 2.14. The minimum Gasteiger partial charge on any atom is -0.236 e. The summed E-state index contributed by atoms with van der Waals surface area (Å²) >= 11 is 0. The number of hydrogen-bond acceptors (Lipinski definition) is 4. The van der Waals surface area contributed by atoms with Crippen molar-refractivity contribution in [1.82, 2.24) is 10.2 Å². The smallest absolute Gasteiger partial charge is 0.236 e. The summed E-state index contributed by atoms with van der Waals surface area (Å²) in [7, 11) is 1.44. The van der Waals surface area contributed by atoms with E-state index in [-0.39, 0.29) is 0 Å². The average molecular weight is 151 g/mol. The molecule has 0 saturated heterocycles. The third-order valence-corrected chi connectivity index (χ3v) is 1.02. The molecule has 2 aromatic heterocycles. The van der Waals surface area contributed by atoms with E-state index < -0.39 is 0 Å². The van der Waals surface area contributed by atoms with Crippen molar-refractivity contribution in [3.63, 3.8) is 0 Å². The Morgan fingerprint density at radius 3 is 1.91 bits per heavy atom. The highest BCUT2D eigenvalue weighted by atomic mass is 16.5. The van der Waals surface area contributed by atoms with Crippen molar-refractivity contribution in [1.29, 1.82) is 0 Å². The highest BCUT2D eigenvalue weighted by Gasteiger charge is 2.39. The molecule has 7 heteroatoms. The highest BCUT2D eigenvalue weighted by molar-refractivity contribution is 6.10. The van der Waals surface area contributed by atoms with Gasteiger partial charge in [0.2, 0.25) is 0 Å². The summed E-state index contributed by atoms with van der Waals surface area (Å²) in [6.07, 6.45) is 5.92. The molecule has 53 valence electrons. The summed E-state index contributed by atoms with van der Waals surface area (Å²) in [6, 6.07) is 0. The van der Waals surface area contributed by atoms with Gasteiger partial charge in [-0.1, -0.05) is 0 Å². The molecule has 0 aromatic carbocycles. The van der Waals surface area contributed by atoms with Gasteiger partial charge >= 0.3 is 7.55 Å². The van der Waals surface area contributed by atoms with E-state index in [1.54, 1.807) is 0 Å². The first-order valence-corrected chi connectivity index (χ1v) is 2.94. The van der Waals surface area contributed by atoms with E-state index >= 15 is 0 Å². The Bertz CT molecular complexity index is 272. The number of nitrogens with zero attached hydrogens (tertiary/aromatic N) is 4. The van der Waals surface area contributed by atoms with Crippen molar-refractivity contribution >= 4 is 7.55 Å². The zero-order valence-corrected chi connectivity index (χ0v) is 5.49. The van der Waals surface area contributed by atoms with Crippen LogP contribution in [0.2, 0.25) is 0 Å². The molecule has 0 fully saturated rings. The van der Waals surface area contributed by atoms with Crippen LogP contribution in [0.4, 0.5) is 0 Å². The second-order valence-corrected chi connectivity index (χ2v) is 1.73.